The van der Waals surface area contributed by atoms with Crippen molar-refractivity contribution in [3.8, 4) is 0 Å². The maximum absolute atomic E-state index is 12.4. The number of rotatable bonds is 5. The van der Waals surface area contributed by atoms with E-state index in [1.54, 1.807) is 0 Å². The lowest BCUT2D eigenvalue weighted by molar-refractivity contribution is -0.117. The molecule has 5 nitrogen and oxygen atoms in total. The fourth-order valence-electron chi connectivity index (χ4n) is 3.49. The van der Waals surface area contributed by atoms with Crippen LogP contribution in [-0.2, 0) is 16.6 Å². The molecule has 2 atom stereocenters. The summed E-state index contributed by atoms with van der Waals surface area (Å²) in [7, 11) is 0. The number of anilines is 1. The fourth-order valence-corrected chi connectivity index (χ4v) is 3.49. The molecule has 0 bridgehead atoms. The number of benzene rings is 1. The van der Waals surface area contributed by atoms with E-state index in [0.717, 1.165) is 43.1 Å². The van der Waals surface area contributed by atoms with E-state index >= 15 is 0 Å². The van der Waals surface area contributed by atoms with E-state index in [2.05, 4.69) is 42.6 Å². The Morgan fingerprint density at radius 1 is 1.27 bits per heavy atom. The average Bonchev–Trinajstić information content (AvgIpc) is 3.06. The molecule has 2 N–H and O–H groups in total. The van der Waals surface area contributed by atoms with Crippen molar-refractivity contribution in [3.63, 3.8) is 0 Å². The van der Waals surface area contributed by atoms with Crippen LogP contribution in [0.25, 0.3) is 0 Å². The molecule has 1 aliphatic heterocycles. The minimum Gasteiger partial charge on any atom is -0.361 e. The molecule has 1 amide bonds. The topological polar surface area (TPSA) is 67.2 Å². The summed E-state index contributed by atoms with van der Waals surface area (Å²) in [5.74, 6) is 1.75. The van der Waals surface area contributed by atoms with E-state index in [-0.39, 0.29) is 11.3 Å². The number of piperidine rings is 1. The molecule has 5 heteroatoms. The molecule has 1 aliphatic rings. The molecule has 3 rings (SSSR count). The van der Waals surface area contributed by atoms with Gasteiger partial charge in [0.2, 0.25) is 5.91 Å². The van der Waals surface area contributed by atoms with Crippen molar-refractivity contribution >= 4 is 11.6 Å². The number of para-hydroxylation sites is 1. The van der Waals surface area contributed by atoms with E-state index in [1.807, 2.05) is 30.3 Å². The summed E-state index contributed by atoms with van der Waals surface area (Å²) in [6.07, 6.45) is 2.40. The molecule has 2 unspecified atom stereocenters. The van der Waals surface area contributed by atoms with Crippen molar-refractivity contribution < 1.29 is 9.32 Å². The van der Waals surface area contributed by atoms with Gasteiger partial charge in [0.05, 0.1) is 5.69 Å². The number of carbonyl (C=O) groups is 1. The lowest BCUT2D eigenvalue weighted by Gasteiger charge is -2.31. The Morgan fingerprint density at radius 2 is 2.04 bits per heavy atom. The molecular formula is C21H29N3O2. The fraction of sp³-hybridized carbons (Fsp3) is 0.524. The van der Waals surface area contributed by atoms with Gasteiger partial charge in [-0.25, -0.2) is 0 Å². The zero-order valence-corrected chi connectivity index (χ0v) is 15.9. The van der Waals surface area contributed by atoms with Gasteiger partial charge in [0.1, 0.15) is 5.76 Å². The minimum atomic E-state index is -0.0367. The van der Waals surface area contributed by atoms with Crippen molar-refractivity contribution in [2.45, 2.75) is 45.4 Å². The lowest BCUT2D eigenvalue weighted by Crippen LogP contribution is -2.39. The summed E-state index contributed by atoms with van der Waals surface area (Å²) >= 11 is 0. The normalized spacial score (nSPS) is 20.7. The Bertz CT molecular complexity index is 718. The van der Waals surface area contributed by atoms with Gasteiger partial charge < -0.3 is 15.2 Å². The highest BCUT2D eigenvalue weighted by Crippen LogP contribution is 2.28. The third kappa shape index (κ3) is 4.94. The molecule has 0 aliphatic carbocycles. The van der Waals surface area contributed by atoms with Gasteiger partial charge in [-0.05, 0) is 49.9 Å². The number of nitrogens with one attached hydrogen (secondary N) is 2. The molecule has 1 saturated heterocycles. The Morgan fingerprint density at radius 3 is 2.73 bits per heavy atom. The first-order valence-electron chi connectivity index (χ1n) is 9.43. The second-order valence-corrected chi connectivity index (χ2v) is 8.27. The zero-order valence-electron chi connectivity index (χ0n) is 15.9. The Balaban J connectivity index is 1.60. The van der Waals surface area contributed by atoms with Crippen LogP contribution < -0.4 is 10.6 Å². The van der Waals surface area contributed by atoms with Crippen molar-refractivity contribution in [2.24, 2.45) is 11.8 Å². The largest absolute Gasteiger partial charge is 0.361 e. The van der Waals surface area contributed by atoms with E-state index in [0.29, 0.717) is 18.3 Å². The van der Waals surface area contributed by atoms with Crippen LogP contribution in [0.15, 0.2) is 40.9 Å². The highest BCUT2D eigenvalue weighted by atomic mass is 16.5. The average molecular weight is 355 g/mol. The molecule has 2 aromatic rings. The van der Waals surface area contributed by atoms with Crippen LogP contribution in [0.3, 0.4) is 0 Å². The lowest BCUT2D eigenvalue weighted by atomic mass is 9.81. The first kappa shape index (κ1) is 18.6. The predicted molar refractivity (Wildman–Crippen MR) is 103 cm³/mol. The highest BCUT2D eigenvalue weighted by molar-refractivity contribution is 5.90. The van der Waals surface area contributed by atoms with Crippen molar-refractivity contribution in [1.82, 2.24) is 10.5 Å². The van der Waals surface area contributed by atoms with Crippen LogP contribution in [0.4, 0.5) is 5.69 Å². The summed E-state index contributed by atoms with van der Waals surface area (Å²) < 4.78 is 5.52. The van der Waals surface area contributed by atoms with Crippen molar-refractivity contribution in [2.75, 3.05) is 18.4 Å². The highest BCUT2D eigenvalue weighted by Gasteiger charge is 2.29. The molecule has 1 fully saturated rings. The second-order valence-electron chi connectivity index (χ2n) is 8.27. The van der Waals surface area contributed by atoms with Crippen LogP contribution in [0.5, 0.6) is 0 Å². The van der Waals surface area contributed by atoms with E-state index in [4.69, 9.17) is 4.52 Å². The molecule has 2 heterocycles. The van der Waals surface area contributed by atoms with Gasteiger partial charge in [-0.3, -0.25) is 4.79 Å². The standard InChI is InChI=1S/C21H29N3O2/c1-21(2,3)19-13-18(24-26-19)11-16-14-22-10-9-15(16)12-20(25)23-17-7-5-4-6-8-17/h4-8,13,15-16,22H,9-12,14H2,1-3H3,(H,23,25). The molecular weight excluding hydrogens is 326 g/mol. The number of nitrogens with zero attached hydrogens (tertiary/aromatic N) is 1. The number of hydrogen-bond donors (Lipinski definition) is 2. The van der Waals surface area contributed by atoms with E-state index in [1.165, 1.54) is 0 Å². The van der Waals surface area contributed by atoms with Gasteiger partial charge in [0, 0.05) is 23.6 Å². The van der Waals surface area contributed by atoms with Gasteiger partial charge in [0.15, 0.2) is 0 Å². The van der Waals surface area contributed by atoms with Crippen LogP contribution >= 0.6 is 0 Å². The SMILES string of the molecule is CC(C)(C)c1cc(CC2CNCCC2CC(=O)Nc2ccccc2)no1. The van der Waals surface area contributed by atoms with Crippen LogP contribution in [0.1, 0.15) is 45.1 Å². The van der Waals surface area contributed by atoms with Crippen molar-refractivity contribution in [3.05, 3.63) is 47.9 Å². The summed E-state index contributed by atoms with van der Waals surface area (Å²) in [5, 5.41) is 10.7. The monoisotopic (exact) mass is 355 g/mol. The molecule has 140 valence electrons. The van der Waals surface area contributed by atoms with E-state index in [9.17, 15) is 4.79 Å². The van der Waals surface area contributed by atoms with Crippen LogP contribution in [0, 0.1) is 11.8 Å². The molecule has 26 heavy (non-hydrogen) atoms. The maximum atomic E-state index is 12.4. The third-order valence-electron chi connectivity index (χ3n) is 5.04. The first-order chi connectivity index (χ1) is 12.4. The quantitative estimate of drug-likeness (QED) is 0.857. The second kappa shape index (κ2) is 8.04. The molecule has 0 saturated carbocycles. The summed E-state index contributed by atoms with van der Waals surface area (Å²) in [6, 6.07) is 11.7. The maximum Gasteiger partial charge on any atom is 0.224 e. The predicted octanol–water partition coefficient (Wildman–Crippen LogP) is 3.77. The molecule has 0 spiro atoms. The van der Waals surface area contributed by atoms with Gasteiger partial charge in [-0.15, -0.1) is 0 Å². The third-order valence-corrected chi connectivity index (χ3v) is 5.04. The van der Waals surface area contributed by atoms with Gasteiger partial charge >= 0.3 is 0 Å². The molecule has 1 aromatic carbocycles. The van der Waals surface area contributed by atoms with Crippen molar-refractivity contribution in [1.29, 1.82) is 0 Å². The molecule has 1 aromatic heterocycles. The Kier molecular flexibility index (Phi) is 5.77. The number of hydrogen-bond acceptors (Lipinski definition) is 4. The summed E-state index contributed by atoms with van der Waals surface area (Å²) in [6.45, 7) is 8.25. The van der Waals surface area contributed by atoms with Gasteiger partial charge in [-0.2, -0.15) is 0 Å². The van der Waals surface area contributed by atoms with Crippen LogP contribution in [0.2, 0.25) is 0 Å². The van der Waals surface area contributed by atoms with Gasteiger partial charge in [0.25, 0.3) is 0 Å². The Hall–Kier alpha value is -2.14. The number of carbonyl (C=O) groups excluding carboxylic acids is 1. The summed E-state index contributed by atoms with van der Waals surface area (Å²) in [4.78, 5) is 12.4. The first-order valence-corrected chi connectivity index (χ1v) is 9.43. The Labute approximate surface area is 155 Å². The van der Waals surface area contributed by atoms with Crippen LogP contribution in [-0.4, -0.2) is 24.2 Å². The minimum absolute atomic E-state index is 0.0367. The number of aromatic nitrogens is 1. The zero-order chi connectivity index (χ0) is 18.6. The molecule has 0 radical (unpaired) electrons. The van der Waals surface area contributed by atoms with E-state index < -0.39 is 0 Å². The number of amides is 1. The van der Waals surface area contributed by atoms with Gasteiger partial charge in [-0.1, -0.05) is 44.1 Å². The smallest absolute Gasteiger partial charge is 0.224 e. The summed E-state index contributed by atoms with van der Waals surface area (Å²) in [5.41, 5.74) is 1.80.